The zero-order valence-electron chi connectivity index (χ0n) is 19.2. The summed E-state index contributed by atoms with van der Waals surface area (Å²) in [4.78, 5) is 29.8. The van der Waals surface area contributed by atoms with Crippen molar-refractivity contribution in [3.63, 3.8) is 0 Å². The lowest BCUT2D eigenvalue weighted by molar-refractivity contribution is -0.140. The zero-order chi connectivity index (χ0) is 22.9. The van der Waals surface area contributed by atoms with Gasteiger partial charge in [0.2, 0.25) is 5.91 Å². The van der Waals surface area contributed by atoms with Gasteiger partial charge in [0.15, 0.2) is 0 Å². The third kappa shape index (κ3) is 4.44. The first-order valence-electron chi connectivity index (χ1n) is 11.0. The Balaban J connectivity index is 1.61. The maximum atomic E-state index is 13.5. The van der Waals surface area contributed by atoms with Crippen LogP contribution in [0.3, 0.4) is 0 Å². The molecule has 1 aliphatic rings. The normalized spacial score (nSPS) is 14.5. The fourth-order valence-corrected chi connectivity index (χ4v) is 3.93. The number of piperazine rings is 1. The number of hydrogen-bond donors (Lipinski definition) is 0. The van der Waals surface area contributed by atoms with Crippen molar-refractivity contribution in [3.8, 4) is 16.9 Å². The number of aromatic nitrogens is 2. The summed E-state index contributed by atoms with van der Waals surface area (Å²) in [6.07, 6.45) is 1.82. The number of aryl methyl sites for hydroxylation is 1. The monoisotopic (exact) mass is 430 g/mol. The standard InChI is InChI=1S/C26H30N4O2/c1-19-10-12-21(13-11-19)30-18-22(23(27-30)20-8-6-5-7-9-20)24(31)28-14-16-29(17-15-28)25(32)26(2,3)4/h5-13,18H,14-17H2,1-4H3. The molecule has 0 spiro atoms. The minimum atomic E-state index is -0.415. The van der Waals surface area contributed by atoms with E-state index in [1.165, 1.54) is 5.56 Å². The van der Waals surface area contributed by atoms with Crippen molar-refractivity contribution in [1.29, 1.82) is 0 Å². The summed E-state index contributed by atoms with van der Waals surface area (Å²) in [5, 5.41) is 4.78. The Morgan fingerprint density at radius 2 is 1.44 bits per heavy atom. The molecule has 2 amide bonds. The summed E-state index contributed by atoms with van der Waals surface area (Å²) in [7, 11) is 0. The predicted molar refractivity (Wildman–Crippen MR) is 126 cm³/mol. The fourth-order valence-electron chi connectivity index (χ4n) is 3.93. The molecule has 4 rings (SSSR count). The second-order valence-electron chi connectivity index (χ2n) is 9.37. The second kappa shape index (κ2) is 8.61. The van der Waals surface area contributed by atoms with Crippen LogP contribution in [0.15, 0.2) is 60.8 Å². The van der Waals surface area contributed by atoms with Gasteiger partial charge in [0.1, 0.15) is 5.69 Å². The molecule has 1 aromatic heterocycles. The molecule has 0 radical (unpaired) electrons. The Morgan fingerprint density at radius 1 is 0.844 bits per heavy atom. The highest BCUT2D eigenvalue weighted by atomic mass is 16.2. The molecule has 6 nitrogen and oxygen atoms in total. The number of benzene rings is 2. The van der Waals surface area contributed by atoms with E-state index in [2.05, 4.69) is 0 Å². The quantitative estimate of drug-likeness (QED) is 0.626. The number of carbonyl (C=O) groups excluding carboxylic acids is 2. The first-order valence-corrected chi connectivity index (χ1v) is 11.0. The Morgan fingerprint density at radius 3 is 2.03 bits per heavy atom. The van der Waals surface area contributed by atoms with E-state index in [1.54, 1.807) is 4.68 Å². The molecule has 2 heterocycles. The van der Waals surface area contributed by atoms with Crippen LogP contribution in [-0.4, -0.2) is 57.6 Å². The Labute approximate surface area is 189 Å². The van der Waals surface area contributed by atoms with Gasteiger partial charge < -0.3 is 9.80 Å². The van der Waals surface area contributed by atoms with Crippen LogP contribution < -0.4 is 0 Å². The molecule has 0 bridgehead atoms. The number of amides is 2. The van der Waals surface area contributed by atoms with E-state index < -0.39 is 5.41 Å². The lowest BCUT2D eigenvalue weighted by Crippen LogP contribution is -2.53. The largest absolute Gasteiger partial charge is 0.339 e. The maximum Gasteiger partial charge on any atom is 0.257 e. The third-order valence-electron chi connectivity index (χ3n) is 5.79. The minimum Gasteiger partial charge on any atom is -0.339 e. The minimum absolute atomic E-state index is 0.0509. The van der Waals surface area contributed by atoms with Crippen LogP contribution >= 0.6 is 0 Å². The van der Waals surface area contributed by atoms with Crippen molar-refractivity contribution in [1.82, 2.24) is 19.6 Å². The van der Waals surface area contributed by atoms with E-state index in [9.17, 15) is 9.59 Å². The number of carbonyl (C=O) groups is 2. The topological polar surface area (TPSA) is 58.4 Å². The lowest BCUT2D eigenvalue weighted by atomic mass is 9.94. The van der Waals surface area contributed by atoms with Crippen molar-refractivity contribution >= 4 is 11.8 Å². The fraction of sp³-hybridized carbons (Fsp3) is 0.346. The van der Waals surface area contributed by atoms with E-state index >= 15 is 0 Å². The van der Waals surface area contributed by atoms with Crippen LogP contribution in [-0.2, 0) is 4.79 Å². The SMILES string of the molecule is Cc1ccc(-n2cc(C(=O)N3CCN(C(=O)C(C)(C)C)CC3)c(-c3ccccc3)n2)cc1. The third-order valence-corrected chi connectivity index (χ3v) is 5.79. The summed E-state index contributed by atoms with van der Waals surface area (Å²) in [6.45, 7) is 9.97. The van der Waals surface area contributed by atoms with E-state index in [-0.39, 0.29) is 11.8 Å². The molecular weight excluding hydrogens is 400 g/mol. The van der Waals surface area contributed by atoms with Crippen molar-refractivity contribution < 1.29 is 9.59 Å². The van der Waals surface area contributed by atoms with Crippen LogP contribution in [0.5, 0.6) is 0 Å². The van der Waals surface area contributed by atoms with E-state index in [0.717, 1.165) is 11.3 Å². The molecule has 0 N–H and O–H groups in total. The first-order chi connectivity index (χ1) is 15.2. The molecule has 166 valence electrons. The molecule has 0 unspecified atom stereocenters. The van der Waals surface area contributed by atoms with Crippen molar-refractivity contribution in [3.05, 3.63) is 71.9 Å². The smallest absolute Gasteiger partial charge is 0.257 e. The van der Waals surface area contributed by atoms with Crippen molar-refractivity contribution in [2.75, 3.05) is 26.2 Å². The van der Waals surface area contributed by atoms with Gasteiger partial charge in [-0.3, -0.25) is 9.59 Å². The Kier molecular flexibility index (Phi) is 5.87. The second-order valence-corrected chi connectivity index (χ2v) is 9.37. The van der Waals surface area contributed by atoms with Gasteiger partial charge >= 0.3 is 0 Å². The van der Waals surface area contributed by atoms with Crippen LogP contribution in [0.1, 0.15) is 36.7 Å². The van der Waals surface area contributed by atoms with Gasteiger partial charge in [0.25, 0.3) is 5.91 Å². The highest BCUT2D eigenvalue weighted by Crippen LogP contribution is 2.26. The van der Waals surface area contributed by atoms with Crippen molar-refractivity contribution in [2.45, 2.75) is 27.7 Å². The lowest BCUT2D eigenvalue weighted by Gasteiger charge is -2.37. The molecular formula is C26H30N4O2. The van der Waals surface area contributed by atoms with E-state index in [0.29, 0.717) is 37.4 Å². The van der Waals surface area contributed by atoms with Crippen LogP contribution in [0.25, 0.3) is 16.9 Å². The van der Waals surface area contributed by atoms with Gasteiger partial charge in [0, 0.05) is 43.4 Å². The Bertz CT molecular complexity index is 1100. The van der Waals surface area contributed by atoms with Crippen LogP contribution in [0.4, 0.5) is 0 Å². The van der Waals surface area contributed by atoms with E-state index in [4.69, 9.17) is 5.10 Å². The molecule has 32 heavy (non-hydrogen) atoms. The summed E-state index contributed by atoms with van der Waals surface area (Å²) in [5.41, 5.74) is 3.82. The zero-order valence-corrected chi connectivity index (χ0v) is 19.2. The summed E-state index contributed by atoms with van der Waals surface area (Å²) in [5.74, 6) is 0.0758. The Hall–Kier alpha value is -3.41. The summed E-state index contributed by atoms with van der Waals surface area (Å²) in [6, 6.07) is 17.9. The highest BCUT2D eigenvalue weighted by Gasteiger charge is 2.32. The molecule has 1 aliphatic heterocycles. The average molecular weight is 431 g/mol. The van der Waals surface area contributed by atoms with Crippen LogP contribution in [0, 0.1) is 12.3 Å². The molecule has 2 aromatic carbocycles. The summed E-state index contributed by atoms with van der Waals surface area (Å²) < 4.78 is 1.77. The molecule has 1 fully saturated rings. The van der Waals surface area contributed by atoms with E-state index in [1.807, 2.05) is 98.3 Å². The number of hydrogen-bond acceptors (Lipinski definition) is 3. The predicted octanol–water partition coefficient (Wildman–Crippen LogP) is 4.18. The van der Waals surface area contributed by atoms with Gasteiger partial charge in [-0.1, -0.05) is 68.8 Å². The molecule has 0 aliphatic carbocycles. The first kappa shape index (κ1) is 21.8. The highest BCUT2D eigenvalue weighted by molar-refractivity contribution is 6.00. The average Bonchev–Trinajstić information content (AvgIpc) is 3.24. The molecule has 3 aromatic rings. The van der Waals surface area contributed by atoms with Gasteiger partial charge in [-0.15, -0.1) is 0 Å². The number of nitrogens with zero attached hydrogens (tertiary/aromatic N) is 4. The van der Waals surface area contributed by atoms with Gasteiger partial charge in [0.05, 0.1) is 11.3 Å². The maximum absolute atomic E-state index is 13.5. The summed E-state index contributed by atoms with van der Waals surface area (Å²) >= 11 is 0. The van der Waals surface area contributed by atoms with Crippen LogP contribution in [0.2, 0.25) is 0 Å². The molecule has 0 atom stereocenters. The van der Waals surface area contributed by atoms with Gasteiger partial charge in [-0.2, -0.15) is 5.10 Å². The molecule has 6 heteroatoms. The van der Waals surface area contributed by atoms with Gasteiger partial charge in [-0.25, -0.2) is 4.68 Å². The molecule has 0 saturated carbocycles. The molecule has 1 saturated heterocycles. The van der Waals surface area contributed by atoms with Crippen molar-refractivity contribution in [2.24, 2.45) is 5.41 Å². The van der Waals surface area contributed by atoms with Gasteiger partial charge in [-0.05, 0) is 19.1 Å². The number of rotatable bonds is 3.